The lowest BCUT2D eigenvalue weighted by Gasteiger charge is -2.32. The number of alkyl halides is 3. The zero-order valence-corrected chi connectivity index (χ0v) is 14.2. The fourth-order valence-corrected chi connectivity index (χ4v) is 2.89. The Balaban J connectivity index is 2.13. The second-order valence-corrected chi connectivity index (χ2v) is 6.49. The van der Waals surface area contributed by atoms with E-state index in [0.717, 1.165) is 6.07 Å². The predicted octanol–water partition coefficient (Wildman–Crippen LogP) is 3.03. The fraction of sp³-hybridized carbons (Fsp3) is 0.267. The van der Waals surface area contributed by atoms with Crippen molar-refractivity contribution in [2.75, 3.05) is 0 Å². The molecule has 1 aromatic carbocycles. The highest BCUT2D eigenvalue weighted by molar-refractivity contribution is 9.10. The van der Waals surface area contributed by atoms with E-state index in [2.05, 4.69) is 21.0 Å². The third-order valence-electron chi connectivity index (χ3n) is 3.69. The SMILES string of the molecule is CC1=NN(C(=O)c2cc3cc(Br)ccc3oc2=O)C(O)(C(F)(F)F)C1. The van der Waals surface area contributed by atoms with Crippen molar-refractivity contribution >= 4 is 38.5 Å². The van der Waals surface area contributed by atoms with E-state index in [1.54, 1.807) is 6.07 Å². The van der Waals surface area contributed by atoms with Gasteiger partial charge in [-0.25, -0.2) is 4.79 Å². The van der Waals surface area contributed by atoms with Crippen molar-refractivity contribution in [1.29, 1.82) is 0 Å². The van der Waals surface area contributed by atoms with Crippen LogP contribution in [-0.2, 0) is 0 Å². The van der Waals surface area contributed by atoms with Crippen LogP contribution >= 0.6 is 15.9 Å². The summed E-state index contributed by atoms with van der Waals surface area (Å²) in [6.45, 7) is 1.24. The number of rotatable bonds is 1. The quantitative estimate of drug-likeness (QED) is 0.721. The minimum atomic E-state index is -5.15. The van der Waals surface area contributed by atoms with Crippen molar-refractivity contribution in [2.24, 2.45) is 5.10 Å². The molecule has 25 heavy (non-hydrogen) atoms. The number of benzene rings is 1. The van der Waals surface area contributed by atoms with Gasteiger partial charge in [0.2, 0.25) is 0 Å². The molecule has 0 saturated heterocycles. The van der Waals surface area contributed by atoms with E-state index in [1.807, 2.05) is 0 Å². The number of hydrogen-bond donors (Lipinski definition) is 1. The molecule has 1 aliphatic heterocycles. The van der Waals surface area contributed by atoms with Gasteiger partial charge in [-0.05, 0) is 31.2 Å². The Bertz CT molecular complexity index is 969. The van der Waals surface area contributed by atoms with Gasteiger partial charge in [0.15, 0.2) is 0 Å². The topological polar surface area (TPSA) is 83.1 Å². The molecular weight excluding hydrogens is 409 g/mol. The molecule has 1 amide bonds. The summed E-state index contributed by atoms with van der Waals surface area (Å²) in [6, 6.07) is 5.71. The van der Waals surface area contributed by atoms with Crippen molar-refractivity contribution in [2.45, 2.75) is 25.2 Å². The van der Waals surface area contributed by atoms with Crippen LogP contribution in [0.4, 0.5) is 13.2 Å². The minimum absolute atomic E-state index is 0.0962. The van der Waals surface area contributed by atoms with Gasteiger partial charge in [0.25, 0.3) is 11.6 Å². The summed E-state index contributed by atoms with van der Waals surface area (Å²) < 4.78 is 45.3. The summed E-state index contributed by atoms with van der Waals surface area (Å²) in [7, 11) is 0. The lowest BCUT2D eigenvalue weighted by molar-refractivity contribution is -0.297. The van der Waals surface area contributed by atoms with Gasteiger partial charge in [-0.2, -0.15) is 23.3 Å². The van der Waals surface area contributed by atoms with E-state index >= 15 is 0 Å². The van der Waals surface area contributed by atoms with Gasteiger partial charge in [0, 0.05) is 22.0 Å². The molecule has 0 radical (unpaired) electrons. The molecule has 2 heterocycles. The van der Waals surface area contributed by atoms with Crippen molar-refractivity contribution in [3.05, 3.63) is 44.7 Å². The van der Waals surface area contributed by atoms with Crippen molar-refractivity contribution in [3.63, 3.8) is 0 Å². The average Bonchev–Trinajstić information content (AvgIpc) is 2.82. The molecule has 0 fully saturated rings. The summed E-state index contributed by atoms with van der Waals surface area (Å²) in [5, 5.41) is 13.6. The highest BCUT2D eigenvalue weighted by Gasteiger charge is 2.63. The van der Waals surface area contributed by atoms with Gasteiger partial charge in [0.1, 0.15) is 11.1 Å². The number of carbonyl (C=O) groups is 1. The fourth-order valence-electron chi connectivity index (χ4n) is 2.51. The molecule has 0 bridgehead atoms. The van der Waals surface area contributed by atoms with E-state index in [-0.39, 0.29) is 16.3 Å². The maximum Gasteiger partial charge on any atom is 0.438 e. The number of nitrogens with zero attached hydrogens (tertiary/aromatic N) is 2. The van der Waals surface area contributed by atoms with Crippen LogP contribution in [0.2, 0.25) is 0 Å². The molecule has 0 spiro atoms. The lowest BCUT2D eigenvalue weighted by Crippen LogP contribution is -2.57. The van der Waals surface area contributed by atoms with Crippen LogP contribution in [0.1, 0.15) is 23.7 Å². The first kappa shape index (κ1) is 17.6. The Kier molecular flexibility index (Phi) is 3.99. The normalized spacial score (nSPS) is 20.9. The molecule has 0 saturated carbocycles. The number of hydrazone groups is 1. The van der Waals surface area contributed by atoms with E-state index in [4.69, 9.17) is 4.42 Å². The first-order valence-corrected chi connectivity index (χ1v) is 7.73. The van der Waals surface area contributed by atoms with Crippen LogP contribution in [0.25, 0.3) is 11.0 Å². The van der Waals surface area contributed by atoms with Crippen molar-refractivity contribution < 1.29 is 27.5 Å². The van der Waals surface area contributed by atoms with E-state index in [0.29, 0.717) is 9.86 Å². The molecule has 1 unspecified atom stereocenters. The van der Waals surface area contributed by atoms with Crippen molar-refractivity contribution in [1.82, 2.24) is 5.01 Å². The zero-order valence-electron chi connectivity index (χ0n) is 12.6. The smallest absolute Gasteiger partial charge is 0.422 e. The maximum absolute atomic E-state index is 13.2. The number of hydrogen-bond acceptors (Lipinski definition) is 5. The summed E-state index contributed by atoms with van der Waals surface area (Å²) in [5.74, 6) is -1.40. The standard InChI is InChI=1S/C15H10BrF3N2O4/c1-7-6-14(24,15(17,18)19)21(20-7)12(22)10-5-8-4-9(16)2-3-11(8)25-13(10)23/h2-5,24H,6H2,1H3. The van der Waals surface area contributed by atoms with Crippen LogP contribution in [0.5, 0.6) is 0 Å². The largest absolute Gasteiger partial charge is 0.438 e. The number of carbonyl (C=O) groups excluding carboxylic acids is 1. The zero-order chi connectivity index (χ0) is 18.6. The number of fused-ring (bicyclic) bond motifs is 1. The number of aliphatic hydroxyl groups is 1. The Morgan fingerprint density at radius 3 is 2.72 bits per heavy atom. The molecule has 1 atom stereocenters. The van der Waals surface area contributed by atoms with Gasteiger partial charge in [-0.1, -0.05) is 15.9 Å². The molecule has 1 N–H and O–H groups in total. The second kappa shape index (κ2) is 5.67. The van der Waals surface area contributed by atoms with E-state index < -0.39 is 35.4 Å². The minimum Gasteiger partial charge on any atom is -0.422 e. The summed E-state index contributed by atoms with van der Waals surface area (Å²) >= 11 is 3.21. The maximum atomic E-state index is 13.2. The summed E-state index contributed by atoms with van der Waals surface area (Å²) in [4.78, 5) is 24.5. The van der Waals surface area contributed by atoms with Gasteiger partial charge in [-0.15, -0.1) is 0 Å². The van der Waals surface area contributed by atoms with Gasteiger partial charge >= 0.3 is 11.8 Å². The Morgan fingerprint density at radius 1 is 1.40 bits per heavy atom. The monoisotopic (exact) mass is 418 g/mol. The van der Waals surface area contributed by atoms with Crippen LogP contribution in [0, 0.1) is 0 Å². The average molecular weight is 419 g/mol. The highest BCUT2D eigenvalue weighted by Crippen LogP contribution is 2.40. The Morgan fingerprint density at radius 2 is 2.08 bits per heavy atom. The van der Waals surface area contributed by atoms with Crippen molar-refractivity contribution in [3.8, 4) is 0 Å². The third-order valence-corrected chi connectivity index (χ3v) is 4.19. The molecule has 2 aromatic rings. The van der Waals surface area contributed by atoms with E-state index in [1.165, 1.54) is 19.1 Å². The second-order valence-electron chi connectivity index (χ2n) is 5.57. The first-order valence-electron chi connectivity index (χ1n) is 6.94. The molecule has 0 aliphatic carbocycles. The Hall–Kier alpha value is -2.20. The predicted molar refractivity (Wildman–Crippen MR) is 85.1 cm³/mol. The molecule has 1 aromatic heterocycles. The van der Waals surface area contributed by atoms with Crippen LogP contribution in [0.15, 0.2) is 43.1 Å². The lowest BCUT2D eigenvalue weighted by atomic mass is 10.1. The first-order chi connectivity index (χ1) is 11.5. The molecule has 10 heteroatoms. The summed E-state index contributed by atoms with van der Waals surface area (Å²) in [5.41, 5.74) is -5.22. The van der Waals surface area contributed by atoms with Gasteiger partial charge < -0.3 is 9.52 Å². The molecular formula is C15H10BrF3N2O4. The van der Waals surface area contributed by atoms with Gasteiger partial charge in [0.05, 0.1) is 0 Å². The van der Waals surface area contributed by atoms with Crippen LogP contribution in [0.3, 0.4) is 0 Å². The molecule has 6 nitrogen and oxygen atoms in total. The van der Waals surface area contributed by atoms with Crippen LogP contribution < -0.4 is 5.63 Å². The van der Waals surface area contributed by atoms with E-state index in [9.17, 15) is 27.9 Å². The molecule has 132 valence electrons. The number of amides is 1. The number of halogens is 4. The molecule has 1 aliphatic rings. The van der Waals surface area contributed by atoms with Crippen LogP contribution in [-0.4, -0.2) is 33.6 Å². The molecule has 3 rings (SSSR count). The highest BCUT2D eigenvalue weighted by atomic mass is 79.9. The Labute approximate surface area is 146 Å². The summed E-state index contributed by atoms with van der Waals surface area (Å²) in [6.07, 6.45) is -6.04. The third kappa shape index (κ3) is 2.85. The van der Waals surface area contributed by atoms with Gasteiger partial charge in [-0.3, -0.25) is 4.79 Å².